The first kappa shape index (κ1) is 16.9. The van der Waals surface area contributed by atoms with E-state index in [-0.39, 0.29) is 17.5 Å². The number of anilines is 4. The highest BCUT2D eigenvalue weighted by atomic mass is 35.5. The van der Waals surface area contributed by atoms with Gasteiger partial charge in [0, 0.05) is 0 Å². The average Bonchev–Trinajstić information content (AvgIpc) is 2.59. The number of nitro groups is 1. The maximum Gasteiger partial charge on any atom is 0.329 e. The van der Waals surface area contributed by atoms with Crippen molar-refractivity contribution in [3.8, 4) is 0 Å². The molecule has 0 aliphatic rings. The summed E-state index contributed by atoms with van der Waals surface area (Å²) in [4.78, 5) is 18.8. The zero-order chi connectivity index (χ0) is 17.8. The molecule has 0 saturated heterocycles. The molecule has 0 radical (unpaired) electrons. The normalized spacial score (nSPS) is 10.3. The molecular weight excluding hydrogens is 365 g/mol. The fraction of sp³-hybridized carbons (Fsp3) is 0. The highest BCUT2D eigenvalue weighted by Crippen LogP contribution is 2.31. The fourth-order valence-corrected chi connectivity index (χ4v) is 2.40. The third-order valence-corrected chi connectivity index (χ3v) is 3.87. The van der Waals surface area contributed by atoms with Crippen LogP contribution in [0, 0.1) is 10.1 Å². The van der Waals surface area contributed by atoms with Crippen LogP contribution in [-0.2, 0) is 0 Å². The van der Waals surface area contributed by atoms with Gasteiger partial charge in [-0.05, 0) is 24.3 Å². The largest absolute Gasteiger partial charge is 0.333 e. The minimum atomic E-state index is -0.571. The molecule has 7 nitrogen and oxygen atoms in total. The molecule has 0 aliphatic carbocycles. The van der Waals surface area contributed by atoms with Crippen LogP contribution in [0.1, 0.15) is 0 Å². The van der Waals surface area contributed by atoms with Gasteiger partial charge in [0.2, 0.25) is 11.8 Å². The Morgan fingerprint density at radius 3 is 2.04 bits per heavy atom. The molecule has 0 amide bonds. The first-order chi connectivity index (χ1) is 12.0. The maximum atomic E-state index is 11.2. The summed E-state index contributed by atoms with van der Waals surface area (Å²) in [6.45, 7) is 0. The minimum Gasteiger partial charge on any atom is -0.333 e. The molecule has 2 N–H and O–H groups in total. The van der Waals surface area contributed by atoms with Crippen molar-refractivity contribution in [3.05, 3.63) is 74.9 Å². The first-order valence-corrected chi connectivity index (χ1v) is 7.85. The second-order valence-corrected chi connectivity index (χ2v) is 5.71. The predicted octanol–water partition coefficient (Wildman–Crippen LogP) is 5.18. The molecule has 1 heterocycles. The lowest BCUT2D eigenvalue weighted by molar-refractivity contribution is -0.384. The highest BCUT2D eigenvalue weighted by Gasteiger charge is 2.18. The van der Waals surface area contributed by atoms with E-state index in [1.165, 1.54) is 0 Å². The van der Waals surface area contributed by atoms with Crippen molar-refractivity contribution in [3.63, 3.8) is 0 Å². The molecule has 3 rings (SSSR count). The average molecular weight is 376 g/mol. The topological polar surface area (TPSA) is 93.0 Å². The second-order valence-electron chi connectivity index (χ2n) is 4.89. The maximum absolute atomic E-state index is 11.2. The summed E-state index contributed by atoms with van der Waals surface area (Å²) < 4.78 is 0. The van der Waals surface area contributed by atoms with Crippen LogP contribution in [0.2, 0.25) is 10.0 Å². The number of nitrogens with zero attached hydrogens (tertiary/aromatic N) is 3. The molecule has 25 heavy (non-hydrogen) atoms. The Hall–Kier alpha value is -2.90. The summed E-state index contributed by atoms with van der Waals surface area (Å²) in [5, 5.41) is 17.9. The molecule has 2 aromatic carbocycles. The van der Waals surface area contributed by atoms with E-state index in [9.17, 15) is 10.1 Å². The molecule has 0 unspecified atom stereocenters. The zero-order valence-corrected chi connectivity index (χ0v) is 14.1. The van der Waals surface area contributed by atoms with Crippen LogP contribution in [0.4, 0.5) is 28.8 Å². The van der Waals surface area contributed by atoms with Gasteiger partial charge in [-0.3, -0.25) is 10.1 Å². The number of halogens is 2. The van der Waals surface area contributed by atoms with E-state index < -0.39 is 4.92 Å². The Labute approximate surface area is 152 Å². The van der Waals surface area contributed by atoms with Crippen LogP contribution in [0.25, 0.3) is 0 Å². The van der Waals surface area contributed by atoms with Gasteiger partial charge in [-0.2, -0.15) is 4.98 Å². The Bertz CT molecular complexity index is 936. The Morgan fingerprint density at radius 2 is 1.48 bits per heavy atom. The fourth-order valence-electron chi connectivity index (χ4n) is 2.03. The summed E-state index contributed by atoms with van der Waals surface area (Å²) >= 11 is 12.2. The van der Waals surface area contributed by atoms with Gasteiger partial charge >= 0.3 is 5.69 Å². The van der Waals surface area contributed by atoms with Gasteiger partial charge in [0.05, 0.1) is 26.3 Å². The van der Waals surface area contributed by atoms with Crippen molar-refractivity contribution in [2.24, 2.45) is 0 Å². The van der Waals surface area contributed by atoms with Gasteiger partial charge in [0.1, 0.15) is 6.20 Å². The molecule has 3 aromatic rings. The van der Waals surface area contributed by atoms with Crippen molar-refractivity contribution in [2.75, 3.05) is 10.6 Å². The molecule has 1 aromatic heterocycles. The molecule has 0 bridgehead atoms. The van der Waals surface area contributed by atoms with E-state index in [0.29, 0.717) is 21.4 Å². The molecule has 0 aliphatic heterocycles. The second kappa shape index (κ2) is 7.33. The summed E-state index contributed by atoms with van der Waals surface area (Å²) in [6.07, 6.45) is 1.12. The van der Waals surface area contributed by atoms with Gasteiger partial charge in [-0.1, -0.05) is 47.5 Å². The summed E-state index contributed by atoms with van der Waals surface area (Å²) in [7, 11) is 0. The Morgan fingerprint density at radius 1 is 0.920 bits per heavy atom. The van der Waals surface area contributed by atoms with E-state index in [1.807, 2.05) is 0 Å². The Kier molecular flexibility index (Phi) is 4.97. The number of rotatable bonds is 5. The lowest BCUT2D eigenvalue weighted by Crippen LogP contribution is -2.05. The quantitative estimate of drug-likeness (QED) is 0.471. The van der Waals surface area contributed by atoms with Gasteiger partial charge in [0.15, 0.2) is 0 Å². The van der Waals surface area contributed by atoms with Crippen molar-refractivity contribution in [2.45, 2.75) is 0 Å². The van der Waals surface area contributed by atoms with Gasteiger partial charge in [0.25, 0.3) is 0 Å². The van der Waals surface area contributed by atoms with E-state index >= 15 is 0 Å². The minimum absolute atomic E-state index is 0.0163. The van der Waals surface area contributed by atoms with Crippen molar-refractivity contribution >= 4 is 52.0 Å². The molecular formula is C16H11Cl2N5O2. The van der Waals surface area contributed by atoms with Crippen LogP contribution in [0.15, 0.2) is 54.7 Å². The first-order valence-electron chi connectivity index (χ1n) is 7.09. The van der Waals surface area contributed by atoms with Crippen molar-refractivity contribution in [1.82, 2.24) is 9.97 Å². The molecule has 126 valence electrons. The number of aromatic nitrogens is 2. The highest BCUT2D eigenvalue weighted by molar-refractivity contribution is 6.33. The zero-order valence-electron chi connectivity index (χ0n) is 12.6. The van der Waals surface area contributed by atoms with Gasteiger partial charge in [-0.25, -0.2) is 4.98 Å². The third-order valence-electron chi connectivity index (χ3n) is 3.21. The summed E-state index contributed by atoms with van der Waals surface area (Å²) in [5.74, 6) is 0.177. The van der Waals surface area contributed by atoms with Crippen LogP contribution in [0.3, 0.4) is 0 Å². The number of nitrogens with one attached hydrogen (secondary N) is 2. The van der Waals surface area contributed by atoms with E-state index in [2.05, 4.69) is 20.6 Å². The SMILES string of the molecule is O=[N+]([O-])c1cnc(Nc2ccccc2Cl)nc1Nc1ccccc1Cl. The number of hydrogen-bond acceptors (Lipinski definition) is 6. The van der Waals surface area contributed by atoms with Crippen molar-refractivity contribution < 1.29 is 4.92 Å². The number of benzene rings is 2. The smallest absolute Gasteiger partial charge is 0.329 e. The van der Waals surface area contributed by atoms with E-state index in [1.54, 1.807) is 48.5 Å². The molecule has 0 fully saturated rings. The summed E-state index contributed by atoms with van der Waals surface area (Å²) in [5.41, 5.74) is 0.806. The monoisotopic (exact) mass is 375 g/mol. The lowest BCUT2D eigenvalue weighted by Gasteiger charge is -2.10. The van der Waals surface area contributed by atoms with Gasteiger partial charge < -0.3 is 10.6 Å². The van der Waals surface area contributed by atoms with Crippen LogP contribution in [0.5, 0.6) is 0 Å². The van der Waals surface area contributed by atoms with Crippen LogP contribution in [-0.4, -0.2) is 14.9 Å². The van der Waals surface area contributed by atoms with Crippen molar-refractivity contribution in [1.29, 1.82) is 0 Å². The van der Waals surface area contributed by atoms with E-state index in [4.69, 9.17) is 23.2 Å². The van der Waals surface area contributed by atoms with E-state index in [0.717, 1.165) is 6.20 Å². The number of para-hydroxylation sites is 2. The number of hydrogen-bond donors (Lipinski definition) is 2. The Balaban J connectivity index is 1.96. The third kappa shape index (κ3) is 3.96. The van der Waals surface area contributed by atoms with Crippen LogP contribution < -0.4 is 10.6 Å². The summed E-state index contributed by atoms with van der Waals surface area (Å²) in [6, 6.07) is 13.9. The molecule has 9 heteroatoms. The molecule has 0 saturated carbocycles. The molecule has 0 atom stereocenters. The molecule has 0 spiro atoms. The predicted molar refractivity (Wildman–Crippen MR) is 98.2 cm³/mol. The standard InChI is InChI=1S/C16H11Cl2N5O2/c17-10-5-1-3-7-12(10)20-15-14(23(24)25)9-19-16(22-15)21-13-8-4-2-6-11(13)18/h1-9H,(H2,19,20,21,22). The van der Waals surface area contributed by atoms with Gasteiger partial charge in [-0.15, -0.1) is 0 Å². The lowest BCUT2D eigenvalue weighted by atomic mass is 10.3. The van der Waals surface area contributed by atoms with Crippen LogP contribution >= 0.6 is 23.2 Å².